The summed E-state index contributed by atoms with van der Waals surface area (Å²) in [5.74, 6) is -1.89. The number of benzene rings is 1. The van der Waals surface area contributed by atoms with E-state index in [1.54, 1.807) is 32.9 Å². The van der Waals surface area contributed by atoms with Gasteiger partial charge in [0, 0.05) is 24.6 Å². The van der Waals surface area contributed by atoms with E-state index in [0.29, 0.717) is 18.5 Å². The average molecular weight is 633 g/mol. The Bertz CT molecular complexity index is 1390. The number of nitrogens with one attached hydrogen (secondary N) is 1. The van der Waals surface area contributed by atoms with E-state index in [4.69, 9.17) is 23.7 Å². The van der Waals surface area contributed by atoms with E-state index in [9.17, 15) is 29.4 Å². The number of aromatic hydroxyl groups is 1. The molecule has 3 N–H and O–H groups in total. The smallest absolute Gasteiger partial charge is 0.504 e. The fourth-order valence-electron chi connectivity index (χ4n) is 6.41. The Morgan fingerprint density at radius 1 is 1.16 bits per heavy atom. The number of likely N-dealkylation sites (tertiary alicyclic amines) is 1. The van der Waals surface area contributed by atoms with Crippen LogP contribution in [0, 0.1) is 6.92 Å². The summed E-state index contributed by atoms with van der Waals surface area (Å²) in [5, 5.41) is 25.4. The van der Waals surface area contributed by atoms with Crippen molar-refractivity contribution in [3.63, 3.8) is 0 Å². The van der Waals surface area contributed by atoms with Crippen molar-refractivity contribution in [2.75, 3.05) is 20.1 Å². The van der Waals surface area contributed by atoms with Crippen molar-refractivity contribution in [2.45, 2.75) is 109 Å². The SMILES string of the molecule is Cc1ccc(O)c2c1[C@]13CCN(C)[C@H](C)[C@]1(O)CC=C(OC(=O)[C@H](C)OC(=O)CCNC(=O)[C@H](C)OC(=O)OC(C)(C)C)[C@@H]3O2. The van der Waals surface area contributed by atoms with E-state index in [0.717, 1.165) is 5.56 Å². The molecule has 0 saturated carbocycles. The first-order valence-electron chi connectivity index (χ1n) is 15.1. The van der Waals surface area contributed by atoms with Gasteiger partial charge in [-0.25, -0.2) is 9.59 Å². The highest BCUT2D eigenvalue weighted by atomic mass is 16.7. The number of aryl methyl sites for hydroxylation is 1. The number of rotatable bonds is 8. The van der Waals surface area contributed by atoms with Gasteiger partial charge in [0.1, 0.15) is 11.4 Å². The molecule has 1 fully saturated rings. The molecule has 1 spiro atoms. The number of piperidine rings is 1. The second-order valence-corrected chi connectivity index (χ2v) is 13.0. The third kappa shape index (κ3) is 6.46. The van der Waals surface area contributed by atoms with Gasteiger partial charge in [0.15, 0.2) is 29.8 Å². The molecule has 0 bridgehead atoms. The number of hydrogen-bond acceptors (Lipinski definition) is 12. The number of amides is 1. The lowest BCUT2D eigenvalue weighted by Crippen LogP contribution is -2.71. The van der Waals surface area contributed by atoms with Crippen LogP contribution < -0.4 is 10.1 Å². The standard InChI is InChI=1S/C32H44N2O11/c1-17-9-10-21(35)25-24(17)31-14-16-34(8)20(4)32(31,40)13-11-22(26(31)44-25)43-28(38)19(3)41-23(36)12-15-33-27(37)18(2)42-29(39)45-30(5,6)7/h9-11,18-20,26,35,40H,12-16H2,1-8H3,(H,33,37)/t18-,19-,20+,26-,31-,32+/m0/s1. The van der Waals surface area contributed by atoms with Crippen LogP contribution in [0.1, 0.15) is 71.9 Å². The highest BCUT2D eigenvalue weighted by Gasteiger charge is 2.69. The minimum Gasteiger partial charge on any atom is -0.504 e. The van der Waals surface area contributed by atoms with Crippen LogP contribution in [-0.4, -0.2) is 94.8 Å². The fourth-order valence-corrected chi connectivity index (χ4v) is 6.41. The van der Waals surface area contributed by atoms with Crippen molar-refractivity contribution in [3.8, 4) is 11.5 Å². The first-order chi connectivity index (χ1) is 20.9. The minimum absolute atomic E-state index is 0.0702. The monoisotopic (exact) mass is 632 g/mol. The van der Waals surface area contributed by atoms with Crippen molar-refractivity contribution < 1.29 is 53.1 Å². The number of carbonyl (C=O) groups is 4. The molecular formula is C32H44N2O11. The summed E-state index contributed by atoms with van der Waals surface area (Å²) in [7, 11) is 1.94. The third-order valence-corrected chi connectivity index (χ3v) is 8.85. The van der Waals surface area contributed by atoms with Gasteiger partial charge in [-0.05, 0) is 86.2 Å². The van der Waals surface area contributed by atoms with Gasteiger partial charge < -0.3 is 44.1 Å². The number of phenolic OH excluding ortho intramolecular Hbond substituents is 1. The van der Waals surface area contributed by atoms with Gasteiger partial charge in [-0.1, -0.05) is 6.07 Å². The lowest BCUT2D eigenvalue weighted by Gasteiger charge is -2.58. The molecule has 1 aromatic rings. The van der Waals surface area contributed by atoms with Crippen molar-refractivity contribution in [1.82, 2.24) is 10.2 Å². The Balaban J connectivity index is 1.38. The molecule has 2 aliphatic heterocycles. The zero-order valence-electron chi connectivity index (χ0n) is 27.1. The maximum atomic E-state index is 13.1. The molecule has 0 radical (unpaired) electrons. The number of nitrogens with zero attached hydrogens (tertiary/aromatic N) is 1. The molecule has 1 aliphatic carbocycles. The normalized spacial score (nSPS) is 26.9. The van der Waals surface area contributed by atoms with Crippen molar-refractivity contribution >= 4 is 24.0 Å². The molecule has 0 aromatic heterocycles. The summed E-state index contributed by atoms with van der Waals surface area (Å²) >= 11 is 0. The summed E-state index contributed by atoms with van der Waals surface area (Å²) in [5.41, 5.74) is -1.53. The summed E-state index contributed by atoms with van der Waals surface area (Å²) in [6.07, 6.45) is -2.33. The van der Waals surface area contributed by atoms with Gasteiger partial charge in [0.2, 0.25) is 0 Å². The molecule has 4 rings (SSSR count). The second kappa shape index (κ2) is 12.5. The molecule has 248 valence electrons. The molecule has 3 aliphatic rings. The molecule has 1 saturated heterocycles. The Labute approximate surface area is 262 Å². The highest BCUT2D eigenvalue weighted by Crippen LogP contribution is 2.62. The zero-order chi connectivity index (χ0) is 33.5. The van der Waals surface area contributed by atoms with E-state index < -0.39 is 58.9 Å². The van der Waals surface area contributed by atoms with Crippen LogP contribution in [0.25, 0.3) is 0 Å². The number of aliphatic hydroxyl groups is 1. The fraction of sp³-hybridized carbons (Fsp3) is 0.625. The van der Waals surface area contributed by atoms with Crippen molar-refractivity contribution in [3.05, 3.63) is 35.1 Å². The maximum absolute atomic E-state index is 13.1. The lowest BCUT2D eigenvalue weighted by atomic mass is 9.54. The lowest BCUT2D eigenvalue weighted by molar-refractivity contribution is -0.171. The summed E-state index contributed by atoms with van der Waals surface area (Å²) in [4.78, 5) is 51.6. The van der Waals surface area contributed by atoms with E-state index in [1.165, 1.54) is 19.9 Å². The third-order valence-electron chi connectivity index (χ3n) is 8.85. The summed E-state index contributed by atoms with van der Waals surface area (Å²) in [6.45, 7) is 12.1. The number of likely N-dealkylation sites (N-methyl/N-ethyl adjacent to an activating group) is 1. The predicted octanol–water partition coefficient (Wildman–Crippen LogP) is 2.76. The number of carbonyl (C=O) groups excluding carboxylic acids is 4. The molecule has 13 nitrogen and oxygen atoms in total. The van der Waals surface area contributed by atoms with Gasteiger partial charge in [0.05, 0.1) is 17.4 Å². The van der Waals surface area contributed by atoms with E-state index in [1.807, 2.05) is 20.9 Å². The Kier molecular flexibility index (Phi) is 9.46. The minimum atomic E-state index is -1.30. The topological polar surface area (TPSA) is 170 Å². The van der Waals surface area contributed by atoms with Crippen LogP contribution in [-0.2, 0) is 38.7 Å². The van der Waals surface area contributed by atoms with Crippen LogP contribution in [0.3, 0.4) is 0 Å². The van der Waals surface area contributed by atoms with Crippen LogP contribution in [0.4, 0.5) is 4.79 Å². The molecule has 45 heavy (non-hydrogen) atoms. The largest absolute Gasteiger partial charge is 0.509 e. The highest BCUT2D eigenvalue weighted by molar-refractivity contribution is 5.83. The maximum Gasteiger partial charge on any atom is 0.509 e. The van der Waals surface area contributed by atoms with Crippen LogP contribution in [0.2, 0.25) is 0 Å². The van der Waals surface area contributed by atoms with Gasteiger partial charge in [0.25, 0.3) is 5.91 Å². The molecule has 0 unspecified atom stereocenters. The summed E-state index contributed by atoms with van der Waals surface area (Å²) < 4.78 is 27.2. The Morgan fingerprint density at radius 2 is 1.84 bits per heavy atom. The molecule has 13 heteroatoms. The van der Waals surface area contributed by atoms with E-state index in [-0.39, 0.29) is 42.7 Å². The molecular weight excluding hydrogens is 588 g/mol. The quantitative estimate of drug-likeness (QED) is 0.283. The van der Waals surface area contributed by atoms with Gasteiger partial charge in [-0.15, -0.1) is 0 Å². The molecule has 2 heterocycles. The molecule has 6 atom stereocenters. The van der Waals surface area contributed by atoms with Crippen molar-refractivity contribution in [2.24, 2.45) is 0 Å². The van der Waals surface area contributed by atoms with Gasteiger partial charge in [-0.2, -0.15) is 0 Å². The predicted molar refractivity (Wildman–Crippen MR) is 159 cm³/mol. The summed E-state index contributed by atoms with van der Waals surface area (Å²) in [6, 6.07) is 3.04. The number of ether oxygens (including phenoxy) is 5. The second-order valence-electron chi connectivity index (χ2n) is 13.0. The van der Waals surface area contributed by atoms with E-state index >= 15 is 0 Å². The van der Waals surface area contributed by atoms with Crippen LogP contribution >= 0.6 is 0 Å². The van der Waals surface area contributed by atoms with Gasteiger partial charge in [-0.3, -0.25) is 9.59 Å². The van der Waals surface area contributed by atoms with Gasteiger partial charge >= 0.3 is 18.1 Å². The average Bonchev–Trinajstić information content (AvgIpc) is 3.31. The number of hydrogen-bond donors (Lipinski definition) is 3. The van der Waals surface area contributed by atoms with Crippen molar-refractivity contribution in [1.29, 1.82) is 0 Å². The van der Waals surface area contributed by atoms with E-state index in [2.05, 4.69) is 10.2 Å². The van der Waals surface area contributed by atoms with Crippen LogP contribution in [0.15, 0.2) is 24.0 Å². The first kappa shape index (κ1) is 34.0. The molecule has 1 aromatic carbocycles. The number of phenols is 1. The van der Waals surface area contributed by atoms with Crippen LogP contribution in [0.5, 0.6) is 11.5 Å². The zero-order valence-corrected chi connectivity index (χ0v) is 27.1. The number of esters is 2. The Hall–Kier alpha value is -3.84. The first-order valence-corrected chi connectivity index (χ1v) is 15.1. The Morgan fingerprint density at radius 3 is 2.51 bits per heavy atom. The molecule has 1 amide bonds. The number of fused-ring (bicyclic) bond motifs is 1.